The number of nitrogens with one attached hydrogen (secondary N) is 1. The van der Waals surface area contributed by atoms with Gasteiger partial charge in [0.05, 0.1) is 5.69 Å². The summed E-state index contributed by atoms with van der Waals surface area (Å²) < 4.78 is 2.04. The molecule has 114 valence electrons. The molecule has 0 radical (unpaired) electrons. The first kappa shape index (κ1) is 15.6. The van der Waals surface area contributed by atoms with Crippen molar-refractivity contribution in [3.8, 4) is 0 Å². The van der Waals surface area contributed by atoms with E-state index in [1.54, 1.807) is 0 Å². The van der Waals surface area contributed by atoms with E-state index < -0.39 is 0 Å². The molecule has 1 fully saturated rings. The van der Waals surface area contributed by atoms with Gasteiger partial charge in [-0.2, -0.15) is 5.10 Å². The highest BCUT2D eigenvalue weighted by Crippen LogP contribution is 2.41. The van der Waals surface area contributed by atoms with E-state index in [0.29, 0.717) is 6.04 Å². The molecule has 1 saturated carbocycles. The number of aromatic nitrogens is 2. The lowest BCUT2D eigenvalue weighted by molar-refractivity contribution is 0.176. The van der Waals surface area contributed by atoms with Crippen LogP contribution in [0.25, 0.3) is 0 Å². The average Bonchev–Trinajstić information content (AvgIpc) is 2.70. The molecular weight excluding hydrogens is 246 g/mol. The maximum absolute atomic E-state index is 4.64. The molecule has 1 heterocycles. The van der Waals surface area contributed by atoms with Gasteiger partial charge in [-0.25, -0.2) is 0 Å². The minimum Gasteiger partial charge on any atom is -0.310 e. The molecule has 20 heavy (non-hydrogen) atoms. The number of hydrogen-bond acceptors (Lipinski definition) is 2. The van der Waals surface area contributed by atoms with Gasteiger partial charge < -0.3 is 5.32 Å². The van der Waals surface area contributed by atoms with Crippen molar-refractivity contribution in [1.29, 1.82) is 0 Å². The Hall–Kier alpha value is -0.830. The van der Waals surface area contributed by atoms with Crippen molar-refractivity contribution in [2.45, 2.75) is 65.8 Å². The Labute approximate surface area is 124 Å². The third kappa shape index (κ3) is 2.93. The number of aryl methyl sites for hydroxylation is 2. The van der Waals surface area contributed by atoms with Crippen molar-refractivity contribution >= 4 is 0 Å². The Balaban J connectivity index is 2.34. The molecule has 1 aromatic heterocycles. The van der Waals surface area contributed by atoms with Crippen molar-refractivity contribution in [2.75, 3.05) is 6.54 Å². The molecule has 1 N–H and O–H groups in total. The maximum Gasteiger partial charge on any atom is 0.0644 e. The third-order valence-corrected chi connectivity index (χ3v) is 5.22. The Morgan fingerprint density at radius 3 is 2.50 bits per heavy atom. The Morgan fingerprint density at radius 1 is 1.25 bits per heavy atom. The van der Waals surface area contributed by atoms with Crippen LogP contribution >= 0.6 is 0 Å². The highest BCUT2D eigenvalue weighted by atomic mass is 15.3. The van der Waals surface area contributed by atoms with Gasteiger partial charge in [-0.3, -0.25) is 4.68 Å². The fraction of sp³-hybridized carbons (Fsp3) is 0.824. The number of hydrogen-bond donors (Lipinski definition) is 1. The third-order valence-electron chi connectivity index (χ3n) is 5.22. The van der Waals surface area contributed by atoms with E-state index in [1.165, 1.54) is 49.1 Å². The number of nitrogens with zero attached hydrogens (tertiary/aromatic N) is 2. The molecule has 0 spiro atoms. The fourth-order valence-electron chi connectivity index (χ4n) is 4.11. The molecule has 1 aliphatic rings. The van der Waals surface area contributed by atoms with Crippen molar-refractivity contribution < 1.29 is 0 Å². The van der Waals surface area contributed by atoms with Crippen LogP contribution in [0.2, 0.25) is 0 Å². The summed E-state index contributed by atoms with van der Waals surface area (Å²) in [5, 5.41) is 8.41. The van der Waals surface area contributed by atoms with E-state index in [4.69, 9.17) is 0 Å². The molecule has 0 bridgehead atoms. The summed E-state index contributed by atoms with van der Waals surface area (Å²) in [5.41, 5.74) is 3.99. The summed E-state index contributed by atoms with van der Waals surface area (Å²) in [7, 11) is 2.06. The second-order valence-electron chi connectivity index (χ2n) is 6.36. The zero-order valence-corrected chi connectivity index (χ0v) is 13.9. The average molecular weight is 277 g/mol. The predicted octanol–water partition coefficient (Wildman–Crippen LogP) is 3.90. The fourth-order valence-corrected chi connectivity index (χ4v) is 4.11. The summed E-state index contributed by atoms with van der Waals surface area (Å²) in [6.07, 6.45) is 6.89. The van der Waals surface area contributed by atoms with E-state index in [-0.39, 0.29) is 0 Å². The van der Waals surface area contributed by atoms with Crippen LogP contribution in [0.4, 0.5) is 0 Å². The van der Waals surface area contributed by atoms with E-state index >= 15 is 0 Å². The van der Waals surface area contributed by atoms with Gasteiger partial charge in [-0.05, 0) is 38.6 Å². The molecule has 0 saturated heterocycles. The Bertz CT molecular complexity index is 436. The zero-order valence-electron chi connectivity index (χ0n) is 13.9. The van der Waals surface area contributed by atoms with Crippen LogP contribution in [-0.2, 0) is 7.05 Å². The molecule has 1 aliphatic carbocycles. The predicted molar refractivity (Wildman–Crippen MR) is 84.8 cm³/mol. The summed E-state index contributed by atoms with van der Waals surface area (Å²) in [4.78, 5) is 0. The summed E-state index contributed by atoms with van der Waals surface area (Å²) >= 11 is 0. The van der Waals surface area contributed by atoms with E-state index in [2.05, 4.69) is 45.2 Å². The second-order valence-corrected chi connectivity index (χ2v) is 6.36. The van der Waals surface area contributed by atoms with Crippen molar-refractivity contribution in [3.05, 3.63) is 17.0 Å². The molecule has 3 unspecified atom stereocenters. The van der Waals surface area contributed by atoms with Crippen molar-refractivity contribution in [3.63, 3.8) is 0 Å². The minimum atomic E-state index is 0.485. The van der Waals surface area contributed by atoms with Crippen molar-refractivity contribution in [2.24, 2.45) is 18.9 Å². The van der Waals surface area contributed by atoms with Gasteiger partial charge in [-0.1, -0.05) is 39.5 Å². The zero-order chi connectivity index (χ0) is 14.7. The topological polar surface area (TPSA) is 29.9 Å². The molecule has 0 aromatic carbocycles. The molecule has 0 amide bonds. The van der Waals surface area contributed by atoms with E-state index in [1.807, 2.05) is 4.68 Å². The van der Waals surface area contributed by atoms with Crippen LogP contribution in [0.1, 0.15) is 68.9 Å². The van der Waals surface area contributed by atoms with Crippen LogP contribution in [-0.4, -0.2) is 16.3 Å². The van der Waals surface area contributed by atoms with Gasteiger partial charge in [0, 0.05) is 24.3 Å². The molecule has 3 heteroatoms. The Kier molecular flexibility index (Phi) is 5.25. The normalized spacial score (nSPS) is 24.9. The van der Waals surface area contributed by atoms with Gasteiger partial charge in [0.15, 0.2) is 0 Å². The monoisotopic (exact) mass is 277 g/mol. The van der Waals surface area contributed by atoms with Gasteiger partial charge in [0.2, 0.25) is 0 Å². The Morgan fingerprint density at radius 2 is 1.95 bits per heavy atom. The smallest absolute Gasteiger partial charge is 0.0644 e. The number of rotatable bonds is 5. The minimum absolute atomic E-state index is 0.485. The summed E-state index contributed by atoms with van der Waals surface area (Å²) in [5.74, 6) is 1.64. The summed E-state index contributed by atoms with van der Waals surface area (Å²) in [6.45, 7) is 9.98. The van der Waals surface area contributed by atoms with Crippen LogP contribution in [0.3, 0.4) is 0 Å². The molecular formula is C17H31N3. The lowest BCUT2D eigenvalue weighted by Gasteiger charge is -2.37. The molecule has 0 aliphatic heterocycles. The lowest BCUT2D eigenvalue weighted by atomic mass is 9.72. The van der Waals surface area contributed by atoms with Gasteiger partial charge in [-0.15, -0.1) is 0 Å². The quantitative estimate of drug-likeness (QED) is 0.884. The first-order valence-electron chi connectivity index (χ1n) is 8.33. The standard InChI is InChI=1S/C17H31N3/c1-6-14-10-8-9-11-15(14)17(18-7-2)16-12(3)19-20(5)13(16)4/h14-15,17-18H,6-11H2,1-5H3. The highest BCUT2D eigenvalue weighted by molar-refractivity contribution is 5.29. The van der Waals surface area contributed by atoms with Gasteiger partial charge in [0.25, 0.3) is 0 Å². The second kappa shape index (κ2) is 6.75. The van der Waals surface area contributed by atoms with Gasteiger partial charge >= 0.3 is 0 Å². The van der Waals surface area contributed by atoms with Crippen molar-refractivity contribution in [1.82, 2.24) is 15.1 Å². The largest absolute Gasteiger partial charge is 0.310 e. The van der Waals surface area contributed by atoms with E-state index in [9.17, 15) is 0 Å². The summed E-state index contributed by atoms with van der Waals surface area (Å²) in [6, 6.07) is 0.485. The van der Waals surface area contributed by atoms with Crippen LogP contribution in [0.15, 0.2) is 0 Å². The maximum atomic E-state index is 4.64. The van der Waals surface area contributed by atoms with Crippen LogP contribution < -0.4 is 5.32 Å². The first-order chi connectivity index (χ1) is 9.60. The molecule has 1 aromatic rings. The van der Waals surface area contributed by atoms with Crippen LogP contribution in [0, 0.1) is 25.7 Å². The SMILES string of the molecule is CCNC(c1c(C)nn(C)c1C)C1CCCCC1CC. The van der Waals surface area contributed by atoms with E-state index in [0.717, 1.165) is 18.4 Å². The molecule has 3 nitrogen and oxygen atoms in total. The van der Waals surface area contributed by atoms with Gasteiger partial charge in [0.1, 0.15) is 0 Å². The highest BCUT2D eigenvalue weighted by Gasteiger charge is 2.33. The lowest BCUT2D eigenvalue weighted by Crippen LogP contribution is -2.35. The van der Waals surface area contributed by atoms with Crippen LogP contribution in [0.5, 0.6) is 0 Å². The molecule has 3 atom stereocenters. The molecule has 2 rings (SSSR count). The first-order valence-corrected chi connectivity index (χ1v) is 8.33.